The molecule has 1 aliphatic rings. The SMILES string of the molecule is CN=C(NCc1cnn(-c2ccccc2)c1)N1CCC(COCCOC)C1.I. The molecule has 1 unspecified atom stereocenters. The molecule has 2 heterocycles. The fourth-order valence-electron chi connectivity index (χ4n) is 3.24. The predicted octanol–water partition coefficient (Wildman–Crippen LogP) is 2.55. The third kappa shape index (κ3) is 6.46. The highest BCUT2D eigenvalue weighted by atomic mass is 127. The monoisotopic (exact) mass is 499 g/mol. The fraction of sp³-hybridized carbons (Fsp3) is 0.500. The number of likely N-dealkylation sites (tertiary alicyclic amines) is 1. The molecule has 2 aromatic rings. The number of halogens is 1. The van der Waals surface area contributed by atoms with Crippen LogP contribution in [0.5, 0.6) is 0 Å². The molecule has 0 amide bonds. The van der Waals surface area contributed by atoms with E-state index < -0.39 is 0 Å². The molecule has 154 valence electrons. The molecule has 28 heavy (non-hydrogen) atoms. The summed E-state index contributed by atoms with van der Waals surface area (Å²) in [6, 6.07) is 10.1. The summed E-state index contributed by atoms with van der Waals surface area (Å²) >= 11 is 0. The van der Waals surface area contributed by atoms with E-state index in [0.717, 1.165) is 43.3 Å². The van der Waals surface area contributed by atoms with Crippen LogP contribution in [0.4, 0.5) is 0 Å². The second kappa shape index (κ2) is 12.0. The summed E-state index contributed by atoms with van der Waals surface area (Å²) in [6.45, 7) is 4.75. The highest BCUT2D eigenvalue weighted by Crippen LogP contribution is 2.17. The maximum atomic E-state index is 5.67. The largest absolute Gasteiger partial charge is 0.382 e. The van der Waals surface area contributed by atoms with Crippen LogP contribution in [0, 0.1) is 5.92 Å². The number of benzene rings is 1. The molecule has 1 aromatic carbocycles. The van der Waals surface area contributed by atoms with Crippen LogP contribution in [0.15, 0.2) is 47.7 Å². The molecular formula is C20H30IN5O2. The molecule has 3 rings (SSSR count). The Hall–Kier alpha value is -1.65. The van der Waals surface area contributed by atoms with E-state index in [4.69, 9.17) is 9.47 Å². The van der Waals surface area contributed by atoms with Crippen LogP contribution < -0.4 is 5.32 Å². The van der Waals surface area contributed by atoms with Gasteiger partial charge in [0.25, 0.3) is 0 Å². The first-order valence-corrected chi connectivity index (χ1v) is 9.41. The smallest absolute Gasteiger partial charge is 0.193 e. The van der Waals surface area contributed by atoms with Crippen LogP contribution in [0.3, 0.4) is 0 Å². The van der Waals surface area contributed by atoms with Crippen LogP contribution in [-0.4, -0.2) is 67.7 Å². The van der Waals surface area contributed by atoms with Crippen molar-refractivity contribution >= 4 is 29.9 Å². The minimum absolute atomic E-state index is 0. The van der Waals surface area contributed by atoms with Gasteiger partial charge in [0.2, 0.25) is 0 Å². The molecule has 0 spiro atoms. The lowest BCUT2D eigenvalue weighted by Gasteiger charge is -2.21. The average Bonchev–Trinajstić information content (AvgIpc) is 3.37. The number of nitrogens with one attached hydrogen (secondary N) is 1. The van der Waals surface area contributed by atoms with Crippen LogP contribution >= 0.6 is 24.0 Å². The Balaban J connectivity index is 0.00000280. The van der Waals surface area contributed by atoms with Crippen molar-refractivity contribution in [2.45, 2.75) is 13.0 Å². The van der Waals surface area contributed by atoms with Gasteiger partial charge >= 0.3 is 0 Å². The van der Waals surface area contributed by atoms with Gasteiger partial charge < -0.3 is 19.7 Å². The first-order valence-electron chi connectivity index (χ1n) is 9.41. The molecule has 0 bridgehead atoms. The van der Waals surface area contributed by atoms with E-state index in [1.807, 2.05) is 54.5 Å². The number of rotatable bonds is 8. The number of hydrogen-bond donors (Lipinski definition) is 1. The Morgan fingerprint density at radius 2 is 2.11 bits per heavy atom. The third-order valence-electron chi connectivity index (χ3n) is 4.69. The van der Waals surface area contributed by atoms with Crippen LogP contribution in [0.2, 0.25) is 0 Å². The van der Waals surface area contributed by atoms with Gasteiger partial charge in [-0.2, -0.15) is 5.10 Å². The summed E-state index contributed by atoms with van der Waals surface area (Å²) in [6.07, 6.45) is 5.06. The lowest BCUT2D eigenvalue weighted by atomic mass is 10.1. The van der Waals surface area contributed by atoms with Gasteiger partial charge in [0, 0.05) is 51.5 Å². The van der Waals surface area contributed by atoms with Gasteiger partial charge in [0.15, 0.2) is 5.96 Å². The molecule has 1 aromatic heterocycles. The van der Waals surface area contributed by atoms with Crippen molar-refractivity contribution in [2.24, 2.45) is 10.9 Å². The minimum Gasteiger partial charge on any atom is -0.382 e. The van der Waals surface area contributed by atoms with Crippen molar-refractivity contribution in [1.82, 2.24) is 20.0 Å². The predicted molar refractivity (Wildman–Crippen MR) is 122 cm³/mol. The topological polar surface area (TPSA) is 63.9 Å². The summed E-state index contributed by atoms with van der Waals surface area (Å²) < 4.78 is 12.6. The Morgan fingerprint density at radius 3 is 2.86 bits per heavy atom. The molecule has 7 nitrogen and oxygen atoms in total. The van der Waals surface area contributed by atoms with Crippen molar-refractivity contribution in [2.75, 3.05) is 47.1 Å². The summed E-state index contributed by atoms with van der Waals surface area (Å²) in [5.74, 6) is 1.48. The quantitative estimate of drug-likeness (QED) is 0.262. The average molecular weight is 499 g/mol. The maximum absolute atomic E-state index is 5.67. The molecule has 1 N–H and O–H groups in total. The first-order chi connectivity index (χ1) is 13.3. The molecule has 1 atom stereocenters. The van der Waals surface area contributed by atoms with E-state index in [2.05, 4.69) is 20.3 Å². The third-order valence-corrected chi connectivity index (χ3v) is 4.69. The lowest BCUT2D eigenvalue weighted by molar-refractivity contribution is 0.0536. The van der Waals surface area contributed by atoms with Gasteiger partial charge in [0.1, 0.15) is 0 Å². The van der Waals surface area contributed by atoms with E-state index in [9.17, 15) is 0 Å². The zero-order valence-corrected chi connectivity index (χ0v) is 18.9. The molecular weight excluding hydrogens is 469 g/mol. The van der Waals surface area contributed by atoms with Gasteiger partial charge in [0.05, 0.1) is 31.7 Å². The number of para-hydroxylation sites is 1. The van der Waals surface area contributed by atoms with Crippen molar-refractivity contribution in [1.29, 1.82) is 0 Å². The number of hydrogen-bond acceptors (Lipinski definition) is 4. The number of nitrogens with zero attached hydrogens (tertiary/aromatic N) is 4. The van der Waals surface area contributed by atoms with Crippen molar-refractivity contribution in [3.63, 3.8) is 0 Å². The second-order valence-electron chi connectivity index (χ2n) is 6.70. The Morgan fingerprint density at radius 1 is 1.29 bits per heavy atom. The van der Waals surface area contributed by atoms with Gasteiger partial charge in [-0.25, -0.2) is 4.68 Å². The molecule has 0 aliphatic carbocycles. The van der Waals surface area contributed by atoms with Crippen molar-refractivity contribution in [3.05, 3.63) is 48.3 Å². The van der Waals surface area contributed by atoms with Crippen molar-refractivity contribution in [3.8, 4) is 5.69 Å². The number of aromatic nitrogens is 2. The molecule has 1 saturated heterocycles. The van der Waals surface area contributed by atoms with E-state index in [1.54, 1.807) is 7.11 Å². The zero-order chi connectivity index (χ0) is 18.9. The number of methoxy groups -OCH3 is 1. The van der Waals surface area contributed by atoms with Crippen molar-refractivity contribution < 1.29 is 9.47 Å². The summed E-state index contributed by atoms with van der Waals surface area (Å²) in [5, 5.41) is 7.90. The van der Waals surface area contributed by atoms with Crippen LogP contribution in [-0.2, 0) is 16.0 Å². The van der Waals surface area contributed by atoms with E-state index in [0.29, 0.717) is 25.7 Å². The standard InChI is InChI=1S/C20H29N5O2.HI/c1-21-20(24-9-8-17(14-24)16-27-11-10-26-2)22-12-18-13-23-25(15-18)19-6-4-3-5-7-19;/h3-7,13,15,17H,8-12,14,16H2,1-2H3,(H,21,22);1H. The lowest BCUT2D eigenvalue weighted by Crippen LogP contribution is -2.39. The molecule has 0 radical (unpaired) electrons. The fourth-order valence-corrected chi connectivity index (χ4v) is 3.24. The van der Waals surface area contributed by atoms with E-state index in [1.165, 1.54) is 0 Å². The minimum atomic E-state index is 0. The molecule has 8 heteroatoms. The molecule has 0 saturated carbocycles. The zero-order valence-electron chi connectivity index (χ0n) is 16.6. The second-order valence-corrected chi connectivity index (χ2v) is 6.70. The van der Waals surface area contributed by atoms with E-state index in [-0.39, 0.29) is 24.0 Å². The number of guanidine groups is 1. The van der Waals surface area contributed by atoms with Gasteiger partial charge in [-0.3, -0.25) is 4.99 Å². The Labute approximate surface area is 184 Å². The van der Waals surface area contributed by atoms with E-state index >= 15 is 0 Å². The highest BCUT2D eigenvalue weighted by molar-refractivity contribution is 14.0. The summed E-state index contributed by atoms with van der Waals surface area (Å²) in [4.78, 5) is 6.74. The van der Waals surface area contributed by atoms with Crippen LogP contribution in [0.1, 0.15) is 12.0 Å². The summed E-state index contributed by atoms with van der Waals surface area (Å²) in [5.41, 5.74) is 2.18. The Bertz CT molecular complexity index is 722. The van der Waals surface area contributed by atoms with Gasteiger partial charge in [-0.05, 0) is 18.6 Å². The molecule has 1 fully saturated rings. The highest BCUT2D eigenvalue weighted by Gasteiger charge is 2.24. The van der Waals surface area contributed by atoms with Crippen LogP contribution in [0.25, 0.3) is 5.69 Å². The maximum Gasteiger partial charge on any atom is 0.193 e. The normalized spacial score (nSPS) is 16.9. The number of ether oxygens (including phenoxy) is 2. The summed E-state index contributed by atoms with van der Waals surface area (Å²) in [7, 11) is 3.53. The van der Waals surface area contributed by atoms with Gasteiger partial charge in [-0.1, -0.05) is 18.2 Å². The Kier molecular flexibility index (Phi) is 9.72. The first kappa shape index (κ1) is 22.6. The molecule has 1 aliphatic heterocycles. The number of aliphatic imine (C=N–C) groups is 1. The van der Waals surface area contributed by atoms with Gasteiger partial charge in [-0.15, -0.1) is 24.0 Å².